The highest BCUT2D eigenvalue weighted by Gasteiger charge is 2.21. The lowest BCUT2D eigenvalue weighted by molar-refractivity contribution is -0.129. The van der Waals surface area contributed by atoms with Gasteiger partial charge in [0.05, 0.1) is 0 Å². The fourth-order valence-electron chi connectivity index (χ4n) is 2.74. The van der Waals surface area contributed by atoms with Gasteiger partial charge in [-0.1, -0.05) is 18.2 Å². The maximum atomic E-state index is 12.4. The average molecular weight is 373 g/mol. The Morgan fingerprint density at radius 1 is 1.11 bits per heavy atom. The van der Waals surface area contributed by atoms with Crippen LogP contribution in [0.1, 0.15) is 18.4 Å². The quantitative estimate of drug-likeness (QED) is 0.436. The summed E-state index contributed by atoms with van der Waals surface area (Å²) < 4.78 is 34.4. The highest BCUT2D eigenvalue weighted by molar-refractivity contribution is 5.95. The molecule has 0 aliphatic carbocycles. The van der Waals surface area contributed by atoms with Crippen molar-refractivity contribution in [2.75, 3.05) is 11.4 Å². The molecule has 0 bridgehead atoms. The molecule has 0 saturated carbocycles. The first kappa shape index (κ1) is 18.6. The molecule has 1 amide bonds. The minimum atomic E-state index is -2.95. The molecule has 3 rings (SSSR count). The number of anilines is 1. The van der Waals surface area contributed by atoms with E-state index in [-0.39, 0.29) is 11.7 Å². The molecule has 0 radical (unpaired) electrons. The summed E-state index contributed by atoms with van der Waals surface area (Å²) in [4.78, 5) is 25.4. The summed E-state index contributed by atoms with van der Waals surface area (Å²) in [5.74, 6) is -0.299. The van der Waals surface area contributed by atoms with E-state index >= 15 is 0 Å². The van der Waals surface area contributed by atoms with Gasteiger partial charge in [0.2, 0.25) is 5.91 Å². The van der Waals surface area contributed by atoms with Gasteiger partial charge in [-0.2, -0.15) is 8.78 Å². The molecule has 0 N–H and O–H groups in total. The topological polar surface area (TPSA) is 55.8 Å². The molecule has 7 heteroatoms. The van der Waals surface area contributed by atoms with E-state index in [1.54, 1.807) is 47.4 Å². The van der Waals surface area contributed by atoms with E-state index in [1.165, 1.54) is 12.1 Å². The van der Waals surface area contributed by atoms with Gasteiger partial charge in [0.25, 0.3) is 0 Å². The number of carbonyl (C=O) groups is 2. The van der Waals surface area contributed by atoms with Gasteiger partial charge >= 0.3 is 12.6 Å². The van der Waals surface area contributed by atoms with Gasteiger partial charge in [-0.3, -0.25) is 4.79 Å². The van der Waals surface area contributed by atoms with Crippen LogP contribution in [0.25, 0.3) is 6.08 Å². The van der Waals surface area contributed by atoms with Crippen LogP contribution in [0.5, 0.6) is 11.5 Å². The van der Waals surface area contributed by atoms with Crippen molar-refractivity contribution in [3.8, 4) is 11.5 Å². The SMILES string of the molecule is O=C(/C=C/c1ccccc1OC(F)F)Oc1ccc(N2CCCC2=O)cc1. The second-order valence-electron chi connectivity index (χ2n) is 5.81. The fourth-order valence-corrected chi connectivity index (χ4v) is 2.74. The molecule has 0 spiro atoms. The van der Waals surface area contributed by atoms with E-state index in [9.17, 15) is 18.4 Å². The third-order valence-corrected chi connectivity index (χ3v) is 3.97. The van der Waals surface area contributed by atoms with Crippen LogP contribution in [-0.2, 0) is 9.59 Å². The number of hydrogen-bond donors (Lipinski definition) is 0. The van der Waals surface area contributed by atoms with Gasteiger partial charge in [-0.25, -0.2) is 4.79 Å². The standard InChI is InChI=1S/C20H17F2NO4/c21-20(22)27-17-5-2-1-4-14(17)7-12-19(25)26-16-10-8-15(9-11-16)23-13-3-6-18(23)24/h1-2,4-5,7-12,20H,3,6,13H2/b12-7+. The first-order valence-electron chi connectivity index (χ1n) is 8.37. The molecule has 0 atom stereocenters. The first-order chi connectivity index (χ1) is 13.0. The Balaban J connectivity index is 1.62. The lowest BCUT2D eigenvalue weighted by atomic mass is 10.2. The molecule has 1 aliphatic heterocycles. The largest absolute Gasteiger partial charge is 0.434 e. The van der Waals surface area contributed by atoms with Crippen molar-refractivity contribution in [3.05, 3.63) is 60.2 Å². The van der Waals surface area contributed by atoms with Crippen LogP contribution in [0.3, 0.4) is 0 Å². The Kier molecular flexibility index (Phi) is 5.80. The number of halogens is 2. The molecule has 1 aliphatic rings. The zero-order chi connectivity index (χ0) is 19.2. The number of amides is 1. The van der Waals surface area contributed by atoms with Crippen LogP contribution in [0, 0.1) is 0 Å². The molecule has 0 unspecified atom stereocenters. The Hall–Kier alpha value is -3.22. The minimum Gasteiger partial charge on any atom is -0.434 e. The van der Waals surface area contributed by atoms with Gasteiger partial charge in [0, 0.05) is 30.3 Å². The fraction of sp³-hybridized carbons (Fsp3) is 0.200. The molecule has 0 aromatic heterocycles. The van der Waals surface area contributed by atoms with Crippen molar-refractivity contribution in [1.82, 2.24) is 0 Å². The Morgan fingerprint density at radius 3 is 2.52 bits per heavy atom. The van der Waals surface area contributed by atoms with Crippen molar-refractivity contribution in [3.63, 3.8) is 0 Å². The van der Waals surface area contributed by atoms with E-state index in [4.69, 9.17) is 4.74 Å². The molecule has 140 valence electrons. The molecular weight excluding hydrogens is 356 g/mol. The van der Waals surface area contributed by atoms with E-state index in [0.29, 0.717) is 24.3 Å². The first-order valence-corrected chi connectivity index (χ1v) is 8.37. The Bertz CT molecular complexity index is 849. The summed E-state index contributed by atoms with van der Waals surface area (Å²) in [6.07, 6.45) is 3.85. The summed E-state index contributed by atoms with van der Waals surface area (Å²) in [6.45, 7) is -2.27. The monoisotopic (exact) mass is 373 g/mol. The Morgan fingerprint density at radius 2 is 1.85 bits per heavy atom. The van der Waals surface area contributed by atoms with Gasteiger partial charge in [-0.05, 0) is 42.8 Å². The molecule has 2 aromatic carbocycles. The summed E-state index contributed by atoms with van der Waals surface area (Å²) in [6, 6.07) is 12.7. The normalized spacial score (nSPS) is 14.2. The lowest BCUT2D eigenvalue weighted by Crippen LogP contribution is -2.23. The number of benzene rings is 2. The van der Waals surface area contributed by atoms with Crippen molar-refractivity contribution >= 4 is 23.6 Å². The number of ether oxygens (including phenoxy) is 2. The highest BCUT2D eigenvalue weighted by atomic mass is 19.3. The molecular formula is C20H17F2NO4. The number of para-hydroxylation sites is 1. The van der Waals surface area contributed by atoms with Crippen LogP contribution in [0.2, 0.25) is 0 Å². The zero-order valence-electron chi connectivity index (χ0n) is 14.3. The van der Waals surface area contributed by atoms with Crippen molar-refractivity contribution in [2.24, 2.45) is 0 Å². The molecule has 2 aromatic rings. The maximum absolute atomic E-state index is 12.4. The smallest absolute Gasteiger partial charge is 0.387 e. The van der Waals surface area contributed by atoms with Crippen LogP contribution in [0.4, 0.5) is 14.5 Å². The van der Waals surface area contributed by atoms with Crippen LogP contribution in [-0.4, -0.2) is 25.0 Å². The van der Waals surface area contributed by atoms with Crippen molar-refractivity contribution in [1.29, 1.82) is 0 Å². The molecule has 1 heterocycles. The predicted octanol–water partition coefficient (Wildman–Crippen LogP) is 4.03. The molecule has 1 fully saturated rings. The third kappa shape index (κ3) is 4.91. The number of hydrogen-bond acceptors (Lipinski definition) is 4. The number of carbonyl (C=O) groups excluding carboxylic acids is 2. The lowest BCUT2D eigenvalue weighted by Gasteiger charge is -2.15. The highest BCUT2D eigenvalue weighted by Crippen LogP contribution is 2.24. The number of nitrogens with zero attached hydrogens (tertiary/aromatic N) is 1. The van der Waals surface area contributed by atoms with E-state index in [0.717, 1.165) is 18.2 Å². The molecule has 5 nitrogen and oxygen atoms in total. The second-order valence-corrected chi connectivity index (χ2v) is 5.81. The summed E-state index contributed by atoms with van der Waals surface area (Å²) in [5, 5.41) is 0. The number of alkyl halides is 2. The average Bonchev–Trinajstić information content (AvgIpc) is 3.07. The second kappa shape index (κ2) is 8.44. The zero-order valence-corrected chi connectivity index (χ0v) is 14.3. The van der Waals surface area contributed by atoms with Gasteiger partial charge in [-0.15, -0.1) is 0 Å². The minimum absolute atomic E-state index is 0.0313. The maximum Gasteiger partial charge on any atom is 0.387 e. The molecule has 27 heavy (non-hydrogen) atoms. The van der Waals surface area contributed by atoms with Crippen LogP contribution >= 0.6 is 0 Å². The summed E-state index contributed by atoms with van der Waals surface area (Å²) in [5.41, 5.74) is 1.09. The van der Waals surface area contributed by atoms with Gasteiger partial charge in [0.1, 0.15) is 11.5 Å². The van der Waals surface area contributed by atoms with Crippen molar-refractivity contribution in [2.45, 2.75) is 19.5 Å². The van der Waals surface area contributed by atoms with E-state index in [1.807, 2.05) is 0 Å². The van der Waals surface area contributed by atoms with Gasteiger partial charge < -0.3 is 14.4 Å². The Labute approximate surface area is 154 Å². The van der Waals surface area contributed by atoms with E-state index < -0.39 is 12.6 Å². The molecule has 1 saturated heterocycles. The van der Waals surface area contributed by atoms with Gasteiger partial charge in [0.15, 0.2) is 0 Å². The number of rotatable bonds is 6. The van der Waals surface area contributed by atoms with E-state index in [2.05, 4.69) is 4.74 Å². The van der Waals surface area contributed by atoms with Crippen LogP contribution < -0.4 is 14.4 Å². The predicted molar refractivity (Wildman–Crippen MR) is 95.8 cm³/mol. The van der Waals surface area contributed by atoms with Crippen molar-refractivity contribution < 1.29 is 27.8 Å². The van der Waals surface area contributed by atoms with Crippen LogP contribution in [0.15, 0.2) is 54.6 Å². The third-order valence-electron chi connectivity index (χ3n) is 3.97. The summed E-state index contributed by atoms with van der Waals surface area (Å²) >= 11 is 0. The summed E-state index contributed by atoms with van der Waals surface area (Å²) in [7, 11) is 0. The number of esters is 1.